The molecule has 120 valence electrons. The molecule has 6 heteroatoms. The van der Waals surface area contributed by atoms with Crippen LogP contribution in [0.15, 0.2) is 55.1 Å². The van der Waals surface area contributed by atoms with Gasteiger partial charge in [0.1, 0.15) is 0 Å². The fraction of sp³-hybridized carbons (Fsp3) is 0.0556. The first-order valence-electron chi connectivity index (χ1n) is 7.38. The predicted molar refractivity (Wildman–Crippen MR) is 99.1 cm³/mol. The van der Waals surface area contributed by atoms with Crippen LogP contribution in [0, 0.1) is 6.92 Å². The quantitative estimate of drug-likeness (QED) is 0.688. The number of rotatable bonds is 5. The van der Waals surface area contributed by atoms with Crippen molar-refractivity contribution >= 4 is 40.9 Å². The minimum atomic E-state index is 0.116. The van der Waals surface area contributed by atoms with Crippen LogP contribution in [0.2, 0.25) is 5.28 Å². The van der Waals surface area contributed by atoms with Crippen LogP contribution in [0.1, 0.15) is 11.1 Å². The van der Waals surface area contributed by atoms with Gasteiger partial charge in [-0.25, -0.2) is 0 Å². The van der Waals surface area contributed by atoms with Crippen LogP contribution in [0.3, 0.4) is 0 Å². The smallest absolute Gasteiger partial charge is 0.233 e. The Bertz CT molecular complexity index is 865. The Morgan fingerprint density at radius 1 is 0.917 bits per heavy atom. The molecular weight excluding hydrogens is 322 g/mol. The standard InChI is InChI=1S/C18H16ClN5/c1-3-13-9-10-15(11-12(13)2)21-18-23-16(19)22-17(24-18)20-14-7-5-4-6-8-14/h3-11H,1H2,2H3,(H2,20,21,22,23,24). The van der Waals surface area contributed by atoms with E-state index in [4.69, 9.17) is 11.6 Å². The predicted octanol–water partition coefficient (Wildman–Crippen LogP) is 4.96. The number of hydrogen-bond donors (Lipinski definition) is 2. The molecule has 3 aromatic rings. The Morgan fingerprint density at radius 3 is 2.21 bits per heavy atom. The second-order valence-electron chi connectivity index (χ2n) is 5.14. The highest BCUT2D eigenvalue weighted by Crippen LogP contribution is 2.21. The van der Waals surface area contributed by atoms with Crippen molar-refractivity contribution in [3.63, 3.8) is 0 Å². The summed E-state index contributed by atoms with van der Waals surface area (Å²) in [6.07, 6.45) is 1.82. The van der Waals surface area contributed by atoms with Gasteiger partial charge in [0.25, 0.3) is 0 Å². The molecule has 1 heterocycles. The Balaban J connectivity index is 1.83. The maximum Gasteiger partial charge on any atom is 0.233 e. The van der Waals surface area contributed by atoms with Crippen molar-refractivity contribution in [2.75, 3.05) is 10.6 Å². The van der Waals surface area contributed by atoms with Crippen molar-refractivity contribution < 1.29 is 0 Å². The number of anilines is 4. The van der Waals surface area contributed by atoms with Gasteiger partial charge in [-0.05, 0) is 53.9 Å². The second kappa shape index (κ2) is 7.10. The lowest BCUT2D eigenvalue weighted by Crippen LogP contribution is -2.04. The lowest BCUT2D eigenvalue weighted by atomic mass is 10.1. The van der Waals surface area contributed by atoms with Gasteiger partial charge >= 0.3 is 0 Å². The highest BCUT2D eigenvalue weighted by molar-refractivity contribution is 6.28. The first-order chi connectivity index (χ1) is 11.6. The summed E-state index contributed by atoms with van der Waals surface area (Å²) in [4.78, 5) is 12.6. The lowest BCUT2D eigenvalue weighted by molar-refractivity contribution is 1.06. The van der Waals surface area contributed by atoms with Crippen LogP contribution in [0.5, 0.6) is 0 Å². The number of benzene rings is 2. The fourth-order valence-corrected chi connectivity index (χ4v) is 2.38. The molecule has 0 saturated heterocycles. The minimum absolute atomic E-state index is 0.116. The molecule has 1 aromatic heterocycles. The highest BCUT2D eigenvalue weighted by Gasteiger charge is 2.06. The molecular formula is C18H16ClN5. The summed E-state index contributed by atoms with van der Waals surface area (Å²) in [6, 6.07) is 15.5. The molecule has 0 spiro atoms. The number of halogens is 1. The van der Waals surface area contributed by atoms with Crippen molar-refractivity contribution in [3.05, 3.63) is 71.5 Å². The van der Waals surface area contributed by atoms with Gasteiger partial charge in [0.15, 0.2) is 0 Å². The van der Waals surface area contributed by atoms with E-state index in [-0.39, 0.29) is 5.28 Å². The lowest BCUT2D eigenvalue weighted by Gasteiger charge is -2.10. The molecule has 0 bridgehead atoms. The van der Waals surface area contributed by atoms with Crippen LogP contribution in [0.25, 0.3) is 6.08 Å². The highest BCUT2D eigenvalue weighted by atomic mass is 35.5. The zero-order valence-corrected chi connectivity index (χ0v) is 13.9. The van der Waals surface area contributed by atoms with Gasteiger partial charge in [-0.1, -0.05) is 36.9 Å². The molecule has 0 aliphatic carbocycles. The number of para-hydroxylation sites is 1. The van der Waals surface area contributed by atoms with E-state index < -0.39 is 0 Å². The maximum absolute atomic E-state index is 6.01. The molecule has 3 rings (SSSR count). The topological polar surface area (TPSA) is 62.7 Å². The van der Waals surface area contributed by atoms with Crippen molar-refractivity contribution in [2.45, 2.75) is 6.92 Å². The molecule has 24 heavy (non-hydrogen) atoms. The summed E-state index contributed by atoms with van der Waals surface area (Å²) in [7, 11) is 0. The third-order valence-electron chi connectivity index (χ3n) is 3.38. The number of nitrogens with one attached hydrogen (secondary N) is 2. The Kier molecular flexibility index (Phi) is 4.72. The molecule has 0 fully saturated rings. The third kappa shape index (κ3) is 3.88. The summed E-state index contributed by atoms with van der Waals surface area (Å²) >= 11 is 6.01. The third-order valence-corrected chi connectivity index (χ3v) is 3.55. The summed E-state index contributed by atoms with van der Waals surface area (Å²) in [5, 5.41) is 6.36. The van der Waals surface area contributed by atoms with E-state index in [2.05, 4.69) is 32.2 Å². The molecule has 2 N–H and O–H groups in total. The normalized spacial score (nSPS) is 10.2. The van der Waals surface area contributed by atoms with Crippen molar-refractivity contribution in [2.24, 2.45) is 0 Å². The number of aryl methyl sites for hydroxylation is 1. The van der Waals surface area contributed by atoms with Crippen LogP contribution in [0.4, 0.5) is 23.3 Å². The minimum Gasteiger partial charge on any atom is -0.324 e. The van der Waals surface area contributed by atoms with Gasteiger partial charge in [-0.3, -0.25) is 0 Å². The Morgan fingerprint density at radius 2 is 1.58 bits per heavy atom. The largest absolute Gasteiger partial charge is 0.324 e. The molecule has 0 atom stereocenters. The molecule has 0 aliphatic heterocycles. The van der Waals surface area contributed by atoms with E-state index in [9.17, 15) is 0 Å². The molecule has 2 aromatic carbocycles. The zero-order chi connectivity index (χ0) is 16.9. The summed E-state index contributed by atoms with van der Waals surface area (Å²) in [6.45, 7) is 5.81. The molecule has 0 aliphatic rings. The van der Waals surface area contributed by atoms with Crippen molar-refractivity contribution in [1.29, 1.82) is 0 Å². The van der Waals surface area contributed by atoms with Gasteiger partial charge in [0.05, 0.1) is 0 Å². The first kappa shape index (κ1) is 16.0. The summed E-state index contributed by atoms with van der Waals surface area (Å²) < 4.78 is 0. The number of hydrogen-bond acceptors (Lipinski definition) is 5. The molecule has 5 nitrogen and oxygen atoms in total. The molecule has 0 unspecified atom stereocenters. The monoisotopic (exact) mass is 337 g/mol. The molecule has 0 amide bonds. The zero-order valence-electron chi connectivity index (χ0n) is 13.1. The van der Waals surface area contributed by atoms with E-state index in [0.717, 1.165) is 22.5 Å². The van der Waals surface area contributed by atoms with Gasteiger partial charge in [-0.2, -0.15) is 15.0 Å². The van der Waals surface area contributed by atoms with Crippen LogP contribution < -0.4 is 10.6 Å². The van der Waals surface area contributed by atoms with Gasteiger partial charge in [-0.15, -0.1) is 0 Å². The SMILES string of the molecule is C=Cc1ccc(Nc2nc(Cl)nc(Nc3ccccc3)n2)cc1C. The maximum atomic E-state index is 6.01. The Labute approximate surface area is 145 Å². The number of nitrogens with zero attached hydrogens (tertiary/aromatic N) is 3. The van der Waals surface area contributed by atoms with E-state index >= 15 is 0 Å². The first-order valence-corrected chi connectivity index (χ1v) is 7.75. The average molecular weight is 338 g/mol. The summed E-state index contributed by atoms with van der Waals surface area (Å²) in [5.41, 5.74) is 3.93. The van der Waals surface area contributed by atoms with Crippen LogP contribution in [-0.4, -0.2) is 15.0 Å². The van der Waals surface area contributed by atoms with Gasteiger partial charge in [0, 0.05) is 11.4 Å². The van der Waals surface area contributed by atoms with Gasteiger partial charge < -0.3 is 10.6 Å². The molecule has 0 radical (unpaired) electrons. The number of aromatic nitrogens is 3. The Hall–Kier alpha value is -2.92. The van der Waals surface area contributed by atoms with E-state index in [1.165, 1.54) is 0 Å². The second-order valence-corrected chi connectivity index (χ2v) is 5.48. The van der Waals surface area contributed by atoms with Crippen molar-refractivity contribution in [3.8, 4) is 0 Å². The van der Waals surface area contributed by atoms with Gasteiger partial charge in [0.2, 0.25) is 17.2 Å². The van der Waals surface area contributed by atoms with E-state index in [0.29, 0.717) is 11.9 Å². The van der Waals surface area contributed by atoms with Crippen molar-refractivity contribution in [1.82, 2.24) is 15.0 Å². The van der Waals surface area contributed by atoms with Crippen LogP contribution in [-0.2, 0) is 0 Å². The van der Waals surface area contributed by atoms with Crippen LogP contribution >= 0.6 is 11.6 Å². The van der Waals surface area contributed by atoms with E-state index in [1.54, 1.807) is 0 Å². The fourth-order valence-electron chi connectivity index (χ4n) is 2.22. The van der Waals surface area contributed by atoms with E-state index in [1.807, 2.05) is 61.5 Å². The molecule has 0 saturated carbocycles. The summed E-state index contributed by atoms with van der Waals surface area (Å²) in [5.74, 6) is 0.752. The average Bonchev–Trinajstić information content (AvgIpc) is 2.55.